The number of methoxy groups -OCH3 is 1. The summed E-state index contributed by atoms with van der Waals surface area (Å²) in [4.78, 5) is 4.36. The van der Waals surface area contributed by atoms with E-state index in [1.54, 1.807) is 13.3 Å². The summed E-state index contributed by atoms with van der Waals surface area (Å²) in [5.41, 5.74) is 1.85. The van der Waals surface area contributed by atoms with Gasteiger partial charge in [0.1, 0.15) is 0 Å². The molecule has 0 saturated heterocycles. The van der Waals surface area contributed by atoms with Gasteiger partial charge in [-0.3, -0.25) is 4.98 Å². The van der Waals surface area contributed by atoms with Crippen LogP contribution in [0.25, 0.3) is 10.9 Å². The van der Waals surface area contributed by atoms with Crippen molar-refractivity contribution in [2.75, 3.05) is 25.6 Å². The first-order chi connectivity index (χ1) is 8.79. The highest BCUT2D eigenvalue weighted by Gasteiger charge is 1.99. The Hall–Kier alpha value is -1.72. The highest BCUT2D eigenvalue weighted by atomic mass is 32.1. The Kier molecular flexibility index (Phi) is 4.44. The average molecular weight is 261 g/mol. The van der Waals surface area contributed by atoms with E-state index in [4.69, 9.17) is 17.0 Å². The van der Waals surface area contributed by atoms with Crippen LogP contribution in [-0.2, 0) is 4.74 Å². The van der Waals surface area contributed by atoms with Gasteiger partial charge >= 0.3 is 0 Å². The normalized spacial score (nSPS) is 10.3. The summed E-state index contributed by atoms with van der Waals surface area (Å²) in [6, 6.07) is 9.98. The molecule has 0 unspecified atom stereocenters. The Balaban J connectivity index is 2.01. The zero-order chi connectivity index (χ0) is 12.8. The number of thiocarbonyl (C=S) groups is 1. The molecule has 2 N–H and O–H groups in total. The third-order valence-corrected chi connectivity index (χ3v) is 2.69. The van der Waals surface area contributed by atoms with Gasteiger partial charge in [-0.25, -0.2) is 0 Å². The van der Waals surface area contributed by atoms with Crippen LogP contribution in [0.1, 0.15) is 0 Å². The number of pyridine rings is 1. The van der Waals surface area contributed by atoms with Crippen LogP contribution in [0.15, 0.2) is 36.5 Å². The van der Waals surface area contributed by atoms with Gasteiger partial charge in [-0.2, -0.15) is 0 Å². The highest BCUT2D eigenvalue weighted by molar-refractivity contribution is 7.80. The Morgan fingerprint density at radius 2 is 2.22 bits per heavy atom. The third-order valence-electron chi connectivity index (χ3n) is 2.44. The molecule has 1 heterocycles. The number of ether oxygens (including phenoxy) is 1. The van der Waals surface area contributed by atoms with Gasteiger partial charge in [0, 0.05) is 19.0 Å². The molecule has 0 fully saturated rings. The number of hydrogen-bond acceptors (Lipinski definition) is 3. The van der Waals surface area contributed by atoms with Crippen molar-refractivity contribution >= 4 is 33.9 Å². The molecule has 18 heavy (non-hydrogen) atoms. The summed E-state index contributed by atoms with van der Waals surface area (Å²) in [7, 11) is 1.66. The van der Waals surface area contributed by atoms with Crippen LogP contribution in [0.5, 0.6) is 0 Å². The molecule has 0 aliphatic carbocycles. The smallest absolute Gasteiger partial charge is 0.170 e. The van der Waals surface area contributed by atoms with Gasteiger partial charge in [-0.1, -0.05) is 18.2 Å². The van der Waals surface area contributed by atoms with Crippen LogP contribution in [0.4, 0.5) is 5.69 Å². The van der Waals surface area contributed by atoms with Crippen LogP contribution < -0.4 is 10.6 Å². The predicted octanol–water partition coefficient (Wildman–Crippen LogP) is 2.17. The largest absolute Gasteiger partial charge is 0.383 e. The number of nitrogens with one attached hydrogen (secondary N) is 2. The summed E-state index contributed by atoms with van der Waals surface area (Å²) in [6.45, 7) is 1.31. The predicted molar refractivity (Wildman–Crippen MR) is 77.8 cm³/mol. The Morgan fingerprint density at radius 1 is 1.39 bits per heavy atom. The number of anilines is 1. The Bertz CT molecular complexity index is 545. The zero-order valence-electron chi connectivity index (χ0n) is 10.1. The van der Waals surface area contributed by atoms with Gasteiger partial charge in [0.15, 0.2) is 5.11 Å². The van der Waals surface area contributed by atoms with E-state index < -0.39 is 0 Å². The van der Waals surface area contributed by atoms with Gasteiger partial charge in [0.05, 0.1) is 24.0 Å². The van der Waals surface area contributed by atoms with Crippen molar-refractivity contribution in [3.63, 3.8) is 0 Å². The third kappa shape index (κ3) is 3.38. The lowest BCUT2D eigenvalue weighted by molar-refractivity contribution is 0.204. The maximum Gasteiger partial charge on any atom is 0.170 e. The number of para-hydroxylation sites is 1. The maximum atomic E-state index is 5.17. The minimum Gasteiger partial charge on any atom is -0.383 e. The van der Waals surface area contributed by atoms with E-state index >= 15 is 0 Å². The van der Waals surface area contributed by atoms with Crippen LogP contribution in [0.2, 0.25) is 0 Å². The first kappa shape index (κ1) is 12.7. The average Bonchev–Trinajstić information content (AvgIpc) is 2.39. The van der Waals surface area contributed by atoms with Crippen molar-refractivity contribution in [1.82, 2.24) is 10.3 Å². The monoisotopic (exact) mass is 261 g/mol. The van der Waals surface area contributed by atoms with E-state index in [9.17, 15) is 0 Å². The molecule has 0 atom stereocenters. The van der Waals surface area contributed by atoms with Gasteiger partial charge in [-0.15, -0.1) is 0 Å². The standard InChI is InChI=1S/C13H15N3OS/c1-17-7-6-14-13(18)16-11-8-10-4-2-3-5-12(10)15-9-11/h2-5,8-9H,6-7H2,1H3,(H2,14,16,18). The zero-order valence-corrected chi connectivity index (χ0v) is 11.0. The molecule has 0 aliphatic rings. The Labute approximate surface area is 111 Å². The SMILES string of the molecule is COCCNC(=S)Nc1cnc2ccccc2c1. The fraction of sp³-hybridized carbons (Fsp3) is 0.231. The first-order valence-electron chi connectivity index (χ1n) is 5.68. The minimum atomic E-state index is 0.573. The number of hydrogen-bond donors (Lipinski definition) is 2. The van der Waals surface area contributed by atoms with E-state index in [2.05, 4.69) is 15.6 Å². The van der Waals surface area contributed by atoms with Crippen molar-refractivity contribution in [3.05, 3.63) is 36.5 Å². The topological polar surface area (TPSA) is 46.2 Å². The molecule has 0 saturated carbocycles. The summed E-state index contributed by atoms with van der Waals surface area (Å²) in [5.74, 6) is 0. The van der Waals surface area contributed by atoms with Gasteiger partial charge < -0.3 is 15.4 Å². The van der Waals surface area contributed by atoms with Gasteiger partial charge in [0.25, 0.3) is 0 Å². The quantitative estimate of drug-likeness (QED) is 0.652. The van der Waals surface area contributed by atoms with Crippen LogP contribution in [-0.4, -0.2) is 30.4 Å². The van der Waals surface area contributed by atoms with Crippen molar-refractivity contribution in [3.8, 4) is 0 Å². The highest BCUT2D eigenvalue weighted by Crippen LogP contribution is 2.15. The second-order valence-corrected chi connectivity index (χ2v) is 4.20. The van der Waals surface area contributed by atoms with E-state index in [0.717, 1.165) is 16.6 Å². The van der Waals surface area contributed by atoms with Crippen molar-refractivity contribution in [1.29, 1.82) is 0 Å². The molecule has 1 aromatic heterocycles. The van der Waals surface area contributed by atoms with Gasteiger partial charge in [-0.05, 0) is 24.4 Å². The molecule has 0 spiro atoms. The summed E-state index contributed by atoms with van der Waals surface area (Å²) < 4.78 is 4.94. The molecule has 4 nitrogen and oxygen atoms in total. The van der Waals surface area contributed by atoms with E-state index in [1.807, 2.05) is 30.3 Å². The summed E-state index contributed by atoms with van der Waals surface area (Å²) in [5, 5.41) is 7.80. The Morgan fingerprint density at radius 3 is 3.06 bits per heavy atom. The van der Waals surface area contributed by atoms with E-state index in [1.165, 1.54) is 0 Å². The number of nitrogens with zero attached hydrogens (tertiary/aromatic N) is 1. The fourth-order valence-corrected chi connectivity index (χ4v) is 1.80. The molecule has 0 amide bonds. The first-order valence-corrected chi connectivity index (χ1v) is 6.09. The van der Waals surface area contributed by atoms with Crippen LogP contribution in [0.3, 0.4) is 0 Å². The van der Waals surface area contributed by atoms with Gasteiger partial charge in [0.2, 0.25) is 0 Å². The van der Waals surface area contributed by atoms with Crippen LogP contribution in [0, 0.1) is 0 Å². The number of fused-ring (bicyclic) bond motifs is 1. The number of aromatic nitrogens is 1. The van der Waals surface area contributed by atoms with Crippen molar-refractivity contribution in [2.24, 2.45) is 0 Å². The molecule has 0 aliphatic heterocycles. The number of rotatable bonds is 4. The molecular formula is C13H15N3OS. The second-order valence-electron chi connectivity index (χ2n) is 3.79. The molecule has 5 heteroatoms. The molecule has 0 bridgehead atoms. The summed E-state index contributed by atoms with van der Waals surface area (Å²) >= 11 is 5.17. The lowest BCUT2D eigenvalue weighted by Crippen LogP contribution is -2.31. The van der Waals surface area contributed by atoms with Crippen molar-refractivity contribution < 1.29 is 4.74 Å². The molecule has 94 valence electrons. The molecular weight excluding hydrogens is 246 g/mol. The van der Waals surface area contributed by atoms with E-state index in [-0.39, 0.29) is 0 Å². The minimum absolute atomic E-state index is 0.573. The van der Waals surface area contributed by atoms with Crippen LogP contribution >= 0.6 is 12.2 Å². The fourth-order valence-electron chi connectivity index (χ4n) is 1.58. The lowest BCUT2D eigenvalue weighted by atomic mass is 10.2. The molecule has 1 aromatic carbocycles. The molecule has 0 radical (unpaired) electrons. The van der Waals surface area contributed by atoms with E-state index in [0.29, 0.717) is 18.3 Å². The molecule has 2 aromatic rings. The molecule has 2 rings (SSSR count). The second kappa shape index (κ2) is 6.28. The van der Waals surface area contributed by atoms with Crippen molar-refractivity contribution in [2.45, 2.75) is 0 Å². The maximum absolute atomic E-state index is 5.17. The summed E-state index contributed by atoms with van der Waals surface area (Å²) in [6.07, 6.45) is 1.77. The number of benzene rings is 1. The lowest BCUT2D eigenvalue weighted by Gasteiger charge is -2.10.